The minimum atomic E-state index is 1.11. The predicted octanol–water partition coefficient (Wildman–Crippen LogP) is 8.19. The van der Waals surface area contributed by atoms with Crippen molar-refractivity contribution in [3.8, 4) is 20.9 Å². The summed E-state index contributed by atoms with van der Waals surface area (Å²) in [4.78, 5) is 2.48. The first-order valence-corrected chi connectivity index (χ1v) is 10.4. The number of rotatable bonds is 2. The molecule has 0 amide bonds. The van der Waals surface area contributed by atoms with Gasteiger partial charge in [-0.2, -0.15) is 0 Å². The molecule has 0 unspecified atom stereocenters. The van der Waals surface area contributed by atoms with Crippen LogP contribution >= 0.6 is 86.4 Å². The molecule has 3 rings (SSSR count). The standard InChI is InChI=1S/C14H6Br4S2/c15-9-6-8(12-2-4-14(18)20-12)10(16)5-7(9)11-1-3-13(17)19-11/h1-6H. The lowest BCUT2D eigenvalue weighted by molar-refractivity contribution is 1.60. The van der Waals surface area contributed by atoms with E-state index in [4.69, 9.17) is 0 Å². The first-order chi connectivity index (χ1) is 9.54. The van der Waals surface area contributed by atoms with Gasteiger partial charge in [-0.25, -0.2) is 0 Å². The highest BCUT2D eigenvalue weighted by Gasteiger charge is 2.12. The molecule has 0 fully saturated rings. The number of thiophene rings is 2. The Morgan fingerprint density at radius 3 is 1.30 bits per heavy atom. The van der Waals surface area contributed by atoms with Crippen LogP contribution in [0.3, 0.4) is 0 Å². The molecule has 0 saturated carbocycles. The van der Waals surface area contributed by atoms with Gasteiger partial charge in [0, 0.05) is 29.8 Å². The first-order valence-electron chi connectivity index (χ1n) is 5.55. The Morgan fingerprint density at radius 2 is 1.00 bits per heavy atom. The summed E-state index contributed by atoms with van der Waals surface area (Å²) in [6.07, 6.45) is 0. The van der Waals surface area contributed by atoms with Crippen LogP contribution in [0.2, 0.25) is 0 Å². The summed E-state index contributed by atoms with van der Waals surface area (Å²) in [5.41, 5.74) is 2.40. The van der Waals surface area contributed by atoms with E-state index >= 15 is 0 Å². The van der Waals surface area contributed by atoms with E-state index in [1.807, 2.05) is 0 Å². The molecule has 0 spiro atoms. The van der Waals surface area contributed by atoms with E-state index in [9.17, 15) is 0 Å². The van der Waals surface area contributed by atoms with Crippen LogP contribution in [-0.2, 0) is 0 Å². The Kier molecular flexibility index (Phi) is 4.90. The molecule has 2 aromatic heterocycles. The van der Waals surface area contributed by atoms with E-state index in [-0.39, 0.29) is 0 Å². The Morgan fingerprint density at radius 1 is 0.600 bits per heavy atom. The van der Waals surface area contributed by atoms with E-state index in [1.165, 1.54) is 20.9 Å². The molecule has 0 aliphatic rings. The fourth-order valence-electron chi connectivity index (χ4n) is 1.84. The van der Waals surface area contributed by atoms with Crippen LogP contribution in [0, 0.1) is 0 Å². The zero-order valence-electron chi connectivity index (χ0n) is 9.79. The van der Waals surface area contributed by atoms with Crippen LogP contribution in [0.25, 0.3) is 20.9 Å². The van der Waals surface area contributed by atoms with Crippen molar-refractivity contribution < 1.29 is 0 Å². The molecule has 0 aliphatic heterocycles. The SMILES string of the molecule is Brc1ccc(-c2cc(Br)c(-c3ccc(Br)s3)cc2Br)s1. The monoisotopic (exact) mass is 554 g/mol. The average molecular weight is 558 g/mol. The van der Waals surface area contributed by atoms with Gasteiger partial charge in [-0.15, -0.1) is 22.7 Å². The van der Waals surface area contributed by atoms with Crippen molar-refractivity contribution in [2.45, 2.75) is 0 Å². The smallest absolute Gasteiger partial charge is 0.0705 e. The molecule has 0 aliphatic carbocycles. The zero-order chi connectivity index (χ0) is 14.3. The predicted molar refractivity (Wildman–Crippen MR) is 104 cm³/mol. The fourth-order valence-corrected chi connectivity index (χ4v) is 6.05. The van der Waals surface area contributed by atoms with E-state index in [2.05, 4.69) is 100 Å². The van der Waals surface area contributed by atoms with Gasteiger partial charge in [-0.3, -0.25) is 0 Å². The summed E-state index contributed by atoms with van der Waals surface area (Å²) in [5.74, 6) is 0. The van der Waals surface area contributed by atoms with Gasteiger partial charge in [0.15, 0.2) is 0 Å². The topological polar surface area (TPSA) is 0 Å². The maximum atomic E-state index is 3.69. The lowest BCUT2D eigenvalue weighted by atomic mass is 10.1. The summed E-state index contributed by atoms with van der Waals surface area (Å²) in [5, 5.41) is 0. The van der Waals surface area contributed by atoms with Crippen LogP contribution < -0.4 is 0 Å². The van der Waals surface area contributed by atoms with E-state index < -0.39 is 0 Å². The molecule has 1 aromatic carbocycles. The second-order valence-corrected chi connectivity index (χ2v) is 10.7. The Labute approximate surface area is 158 Å². The molecule has 0 bridgehead atoms. The largest absolute Gasteiger partial charge is 0.128 e. The Bertz CT molecular complexity index is 707. The van der Waals surface area contributed by atoms with E-state index in [0.29, 0.717) is 0 Å². The summed E-state index contributed by atoms with van der Waals surface area (Å²) < 4.78 is 4.49. The summed E-state index contributed by atoms with van der Waals surface area (Å²) in [7, 11) is 0. The van der Waals surface area contributed by atoms with Crippen LogP contribution in [0.5, 0.6) is 0 Å². The van der Waals surface area contributed by atoms with E-state index in [0.717, 1.165) is 16.5 Å². The molecule has 0 saturated heterocycles. The highest BCUT2D eigenvalue weighted by atomic mass is 79.9. The van der Waals surface area contributed by atoms with Crippen LogP contribution in [0.4, 0.5) is 0 Å². The molecule has 0 atom stereocenters. The third-order valence-corrected chi connectivity index (χ3v) is 7.36. The zero-order valence-corrected chi connectivity index (χ0v) is 17.8. The lowest BCUT2D eigenvalue weighted by Gasteiger charge is -2.08. The molecule has 0 radical (unpaired) electrons. The van der Waals surface area contributed by atoms with Crippen LogP contribution in [0.15, 0.2) is 52.9 Å². The quantitative estimate of drug-likeness (QED) is 0.298. The Balaban J connectivity index is 2.11. The van der Waals surface area contributed by atoms with Gasteiger partial charge in [-0.1, -0.05) is 31.9 Å². The molecule has 6 heteroatoms. The van der Waals surface area contributed by atoms with Crippen molar-refractivity contribution in [1.82, 2.24) is 0 Å². The molecular formula is C14H6Br4S2. The summed E-state index contributed by atoms with van der Waals surface area (Å²) >= 11 is 17.9. The average Bonchev–Trinajstić information content (AvgIpc) is 3.00. The third kappa shape index (κ3) is 3.15. The number of benzene rings is 1. The Hall–Kier alpha value is 0.540. The molecule has 2 heterocycles. The van der Waals surface area contributed by atoms with Gasteiger partial charge in [0.2, 0.25) is 0 Å². The van der Waals surface area contributed by atoms with Crippen LogP contribution in [0.1, 0.15) is 0 Å². The molecular weight excluding hydrogens is 552 g/mol. The minimum Gasteiger partial charge on any atom is -0.128 e. The molecule has 20 heavy (non-hydrogen) atoms. The van der Waals surface area contributed by atoms with Gasteiger partial charge in [0.05, 0.1) is 7.57 Å². The molecule has 3 aromatic rings. The molecule has 0 nitrogen and oxygen atoms in total. The van der Waals surface area contributed by atoms with Crippen molar-refractivity contribution in [2.24, 2.45) is 0 Å². The van der Waals surface area contributed by atoms with Crippen molar-refractivity contribution in [3.05, 3.63) is 52.9 Å². The van der Waals surface area contributed by atoms with Gasteiger partial charge < -0.3 is 0 Å². The fraction of sp³-hybridized carbons (Fsp3) is 0. The van der Waals surface area contributed by atoms with Gasteiger partial charge >= 0.3 is 0 Å². The molecule has 0 N–H and O–H groups in total. The van der Waals surface area contributed by atoms with Crippen molar-refractivity contribution in [2.75, 3.05) is 0 Å². The van der Waals surface area contributed by atoms with Crippen molar-refractivity contribution in [3.63, 3.8) is 0 Å². The van der Waals surface area contributed by atoms with Gasteiger partial charge in [0.1, 0.15) is 0 Å². The van der Waals surface area contributed by atoms with Gasteiger partial charge in [0.25, 0.3) is 0 Å². The second-order valence-electron chi connectivity index (χ2n) is 4.02. The number of halogens is 4. The summed E-state index contributed by atoms with van der Waals surface area (Å²) in [6.45, 7) is 0. The number of hydrogen-bond donors (Lipinski definition) is 0. The highest BCUT2D eigenvalue weighted by Crippen LogP contribution is 2.43. The van der Waals surface area contributed by atoms with Gasteiger partial charge in [-0.05, 0) is 68.3 Å². The van der Waals surface area contributed by atoms with Crippen molar-refractivity contribution >= 4 is 86.4 Å². The van der Waals surface area contributed by atoms with Crippen molar-refractivity contribution in [1.29, 1.82) is 0 Å². The number of hydrogen-bond acceptors (Lipinski definition) is 2. The third-order valence-electron chi connectivity index (χ3n) is 2.73. The summed E-state index contributed by atoms with van der Waals surface area (Å²) in [6, 6.07) is 12.7. The lowest BCUT2D eigenvalue weighted by Crippen LogP contribution is -1.81. The highest BCUT2D eigenvalue weighted by molar-refractivity contribution is 9.11. The normalized spacial score (nSPS) is 11.0. The van der Waals surface area contributed by atoms with E-state index in [1.54, 1.807) is 22.7 Å². The maximum Gasteiger partial charge on any atom is 0.0705 e. The van der Waals surface area contributed by atoms with Crippen LogP contribution in [-0.4, -0.2) is 0 Å². The molecule has 102 valence electrons. The second kappa shape index (κ2) is 6.34. The minimum absolute atomic E-state index is 1.11. The first kappa shape index (κ1) is 15.4. The maximum absolute atomic E-state index is 3.69.